The summed E-state index contributed by atoms with van der Waals surface area (Å²) in [4.78, 5) is 16.4. The van der Waals surface area contributed by atoms with E-state index in [-0.39, 0.29) is 36.8 Å². The van der Waals surface area contributed by atoms with Gasteiger partial charge >= 0.3 is 0 Å². The van der Waals surface area contributed by atoms with E-state index in [0.29, 0.717) is 6.54 Å². The average molecular weight is 360 g/mol. The Morgan fingerprint density at radius 3 is 2.82 bits per heavy atom. The number of halogens is 2. The van der Waals surface area contributed by atoms with Crippen LogP contribution in [0.25, 0.3) is 0 Å². The van der Waals surface area contributed by atoms with E-state index >= 15 is 0 Å². The van der Waals surface area contributed by atoms with Gasteiger partial charge in [-0.1, -0.05) is 24.3 Å². The van der Waals surface area contributed by atoms with Crippen LogP contribution >= 0.6 is 36.2 Å². The van der Waals surface area contributed by atoms with E-state index < -0.39 is 0 Å². The van der Waals surface area contributed by atoms with Gasteiger partial charge in [0, 0.05) is 24.9 Å². The Balaban J connectivity index is 0.00000121. The summed E-state index contributed by atoms with van der Waals surface area (Å²) >= 11 is 1.58. The van der Waals surface area contributed by atoms with E-state index in [4.69, 9.17) is 0 Å². The highest BCUT2D eigenvalue weighted by molar-refractivity contribution is 7.07. The molecule has 0 spiro atoms. The van der Waals surface area contributed by atoms with Crippen molar-refractivity contribution < 1.29 is 4.79 Å². The van der Waals surface area contributed by atoms with Crippen molar-refractivity contribution in [2.45, 2.75) is 25.4 Å². The van der Waals surface area contributed by atoms with Gasteiger partial charge in [-0.2, -0.15) is 0 Å². The Hall–Kier alpha value is -1.14. The number of carbonyl (C=O) groups excluding carboxylic acids is 1. The van der Waals surface area contributed by atoms with Crippen LogP contribution in [0.2, 0.25) is 0 Å². The molecule has 120 valence electrons. The Morgan fingerprint density at radius 1 is 1.32 bits per heavy atom. The van der Waals surface area contributed by atoms with E-state index in [0.717, 1.165) is 25.1 Å². The summed E-state index contributed by atoms with van der Waals surface area (Å²) in [5, 5.41) is 8.29. The van der Waals surface area contributed by atoms with Crippen LogP contribution in [-0.4, -0.2) is 23.5 Å². The molecule has 1 aromatic carbocycles. The maximum Gasteiger partial charge on any atom is 0.237 e. The van der Waals surface area contributed by atoms with Crippen molar-refractivity contribution >= 4 is 42.1 Å². The molecule has 3 rings (SSSR count). The zero-order chi connectivity index (χ0) is 13.8. The number of amides is 1. The molecule has 1 amide bonds. The third-order valence-electron chi connectivity index (χ3n) is 3.56. The molecule has 0 aliphatic carbocycles. The molecule has 0 radical (unpaired) electrons. The van der Waals surface area contributed by atoms with Gasteiger partial charge in [0.05, 0.1) is 17.2 Å². The molecule has 22 heavy (non-hydrogen) atoms. The van der Waals surface area contributed by atoms with Gasteiger partial charge in [-0.3, -0.25) is 4.79 Å². The molecule has 4 nitrogen and oxygen atoms in total. The molecule has 0 saturated carbocycles. The number of carbonyl (C=O) groups is 1. The molecule has 0 fully saturated rings. The summed E-state index contributed by atoms with van der Waals surface area (Å²) < 4.78 is 0. The number of hydrogen-bond acceptors (Lipinski definition) is 4. The molecule has 1 aliphatic heterocycles. The van der Waals surface area contributed by atoms with E-state index in [1.54, 1.807) is 11.3 Å². The molecule has 0 saturated heterocycles. The molecular formula is C15H19Cl2N3OS. The minimum Gasteiger partial charge on any atom is -0.354 e. The number of thiazole rings is 1. The first kappa shape index (κ1) is 18.9. The lowest BCUT2D eigenvalue weighted by Crippen LogP contribution is -2.48. The number of rotatable bonds is 4. The average Bonchev–Trinajstić information content (AvgIpc) is 3.00. The second-order valence-corrected chi connectivity index (χ2v) is 5.65. The highest BCUT2D eigenvalue weighted by Crippen LogP contribution is 2.16. The number of fused-ring (bicyclic) bond motifs is 1. The fraction of sp³-hybridized carbons (Fsp3) is 0.333. The van der Waals surface area contributed by atoms with Crippen molar-refractivity contribution in [1.29, 1.82) is 0 Å². The van der Waals surface area contributed by atoms with Gasteiger partial charge in [-0.15, -0.1) is 36.2 Å². The number of nitrogens with one attached hydrogen (secondary N) is 2. The highest BCUT2D eigenvalue weighted by Gasteiger charge is 2.23. The van der Waals surface area contributed by atoms with Gasteiger partial charge in [-0.05, 0) is 17.5 Å². The number of benzene rings is 1. The van der Waals surface area contributed by atoms with Crippen LogP contribution in [-0.2, 0) is 24.2 Å². The SMILES string of the molecule is Cl.Cl.O=C(NCCc1cscn1)C1Cc2ccccc2CN1. The molecule has 1 aliphatic rings. The smallest absolute Gasteiger partial charge is 0.237 e. The Labute approximate surface area is 146 Å². The monoisotopic (exact) mass is 359 g/mol. The number of hydrogen-bond donors (Lipinski definition) is 2. The molecule has 0 bridgehead atoms. The Morgan fingerprint density at radius 2 is 2.09 bits per heavy atom. The largest absolute Gasteiger partial charge is 0.354 e. The van der Waals surface area contributed by atoms with Gasteiger partial charge in [0.2, 0.25) is 5.91 Å². The van der Waals surface area contributed by atoms with Crippen LogP contribution in [0.3, 0.4) is 0 Å². The third-order valence-corrected chi connectivity index (χ3v) is 4.20. The van der Waals surface area contributed by atoms with Crippen LogP contribution in [0, 0.1) is 0 Å². The minimum atomic E-state index is -0.125. The third kappa shape index (κ3) is 4.68. The molecule has 2 aromatic rings. The van der Waals surface area contributed by atoms with Gasteiger partial charge in [-0.25, -0.2) is 4.98 Å². The van der Waals surface area contributed by atoms with Crippen molar-refractivity contribution in [2.24, 2.45) is 0 Å². The predicted octanol–water partition coefficient (Wildman–Crippen LogP) is 2.36. The summed E-state index contributed by atoms with van der Waals surface area (Å²) in [6.45, 7) is 1.41. The van der Waals surface area contributed by atoms with Crippen LogP contribution in [0.1, 0.15) is 16.8 Å². The first-order valence-corrected chi connectivity index (χ1v) is 7.72. The maximum atomic E-state index is 12.1. The molecule has 1 aromatic heterocycles. The normalized spacial score (nSPS) is 15.9. The van der Waals surface area contributed by atoms with Crippen molar-refractivity contribution in [3.05, 3.63) is 52.0 Å². The maximum absolute atomic E-state index is 12.1. The van der Waals surface area contributed by atoms with E-state index in [1.807, 2.05) is 23.0 Å². The molecular weight excluding hydrogens is 341 g/mol. The number of aromatic nitrogens is 1. The van der Waals surface area contributed by atoms with Crippen LogP contribution in [0.4, 0.5) is 0 Å². The minimum absolute atomic E-state index is 0. The van der Waals surface area contributed by atoms with Crippen molar-refractivity contribution in [3.8, 4) is 0 Å². The van der Waals surface area contributed by atoms with Crippen LogP contribution in [0.5, 0.6) is 0 Å². The van der Waals surface area contributed by atoms with Gasteiger partial charge in [0.15, 0.2) is 0 Å². The summed E-state index contributed by atoms with van der Waals surface area (Å²) in [6, 6.07) is 8.15. The quantitative estimate of drug-likeness (QED) is 0.880. The predicted molar refractivity (Wildman–Crippen MR) is 94.1 cm³/mol. The Bertz CT molecular complexity index is 592. The second-order valence-electron chi connectivity index (χ2n) is 4.93. The fourth-order valence-electron chi connectivity index (χ4n) is 2.44. The zero-order valence-corrected chi connectivity index (χ0v) is 14.4. The fourth-order valence-corrected chi connectivity index (χ4v) is 3.03. The zero-order valence-electron chi connectivity index (χ0n) is 12.0. The van der Waals surface area contributed by atoms with Crippen LogP contribution in [0.15, 0.2) is 35.2 Å². The molecule has 2 N–H and O–H groups in total. The van der Waals surface area contributed by atoms with Gasteiger partial charge in [0.1, 0.15) is 0 Å². The summed E-state index contributed by atoms with van der Waals surface area (Å²) in [5.74, 6) is 0.0785. The molecule has 1 atom stereocenters. The summed E-state index contributed by atoms with van der Waals surface area (Å²) in [7, 11) is 0. The van der Waals surface area contributed by atoms with Crippen LogP contribution < -0.4 is 10.6 Å². The van der Waals surface area contributed by atoms with Gasteiger partial charge in [0.25, 0.3) is 0 Å². The Kier molecular flexibility index (Phi) is 7.82. The number of nitrogens with zero attached hydrogens (tertiary/aromatic N) is 1. The van der Waals surface area contributed by atoms with E-state index in [9.17, 15) is 4.79 Å². The van der Waals surface area contributed by atoms with Crippen molar-refractivity contribution in [1.82, 2.24) is 15.6 Å². The lowest BCUT2D eigenvalue weighted by molar-refractivity contribution is -0.123. The highest BCUT2D eigenvalue weighted by atomic mass is 35.5. The summed E-state index contributed by atoms with van der Waals surface area (Å²) in [6.07, 6.45) is 1.55. The van der Waals surface area contributed by atoms with Crippen molar-refractivity contribution in [3.63, 3.8) is 0 Å². The topological polar surface area (TPSA) is 54.0 Å². The lowest BCUT2D eigenvalue weighted by Gasteiger charge is -2.25. The van der Waals surface area contributed by atoms with E-state index in [1.165, 1.54) is 11.1 Å². The first-order chi connectivity index (χ1) is 9.83. The van der Waals surface area contributed by atoms with Gasteiger partial charge < -0.3 is 10.6 Å². The standard InChI is InChI=1S/C15H17N3OS.2ClH/c19-15(16-6-5-13-9-20-10-18-13)14-7-11-3-1-2-4-12(11)8-17-14;;/h1-4,9-10,14,17H,5-8H2,(H,16,19);2*1H. The molecule has 2 heterocycles. The van der Waals surface area contributed by atoms with E-state index in [2.05, 4.69) is 27.8 Å². The lowest BCUT2D eigenvalue weighted by atomic mass is 9.95. The van der Waals surface area contributed by atoms with Crippen molar-refractivity contribution in [2.75, 3.05) is 6.54 Å². The molecule has 7 heteroatoms. The first-order valence-electron chi connectivity index (χ1n) is 6.78. The summed E-state index contributed by atoms with van der Waals surface area (Å²) in [5.41, 5.74) is 5.42. The second kappa shape index (κ2) is 9.10. The molecule has 1 unspecified atom stereocenters.